The van der Waals surface area contributed by atoms with Gasteiger partial charge in [-0.2, -0.15) is 5.26 Å². The van der Waals surface area contributed by atoms with E-state index in [0.29, 0.717) is 37.4 Å². The zero-order chi connectivity index (χ0) is 27.4. The van der Waals surface area contributed by atoms with E-state index >= 15 is 0 Å². The van der Waals surface area contributed by atoms with Gasteiger partial charge < -0.3 is 25.3 Å². The van der Waals surface area contributed by atoms with Crippen molar-refractivity contribution in [3.05, 3.63) is 65.9 Å². The van der Waals surface area contributed by atoms with Crippen molar-refractivity contribution in [1.82, 2.24) is 20.5 Å². The minimum Gasteiger partial charge on any atom is -0.496 e. The van der Waals surface area contributed by atoms with E-state index in [2.05, 4.69) is 21.7 Å². The molecule has 3 amide bonds. The fraction of sp³-hybridized carbons (Fsp3) is 0.400. The second-order valence-corrected chi connectivity index (χ2v) is 10.4. The lowest BCUT2D eigenvalue weighted by Crippen LogP contribution is -2.50. The predicted octanol–water partition coefficient (Wildman–Crippen LogP) is 3.49. The summed E-state index contributed by atoms with van der Waals surface area (Å²) >= 11 is 0. The van der Waals surface area contributed by atoms with E-state index in [4.69, 9.17) is 4.74 Å². The summed E-state index contributed by atoms with van der Waals surface area (Å²) in [7, 11) is 1.59. The Hall–Kier alpha value is -4.32. The number of H-pyrrole nitrogens is 1. The van der Waals surface area contributed by atoms with E-state index < -0.39 is 12.1 Å². The lowest BCUT2D eigenvalue weighted by Gasteiger charge is -2.28. The second kappa shape index (κ2) is 11.6. The van der Waals surface area contributed by atoms with Crippen molar-refractivity contribution in [3.8, 4) is 11.8 Å². The van der Waals surface area contributed by atoms with Gasteiger partial charge in [0, 0.05) is 41.9 Å². The maximum Gasteiger partial charge on any atom is 0.271 e. The fourth-order valence-corrected chi connectivity index (χ4v) is 5.86. The first kappa shape index (κ1) is 26.3. The third-order valence-corrected chi connectivity index (χ3v) is 7.86. The Balaban J connectivity index is 1.40. The number of nitrogens with zero attached hydrogens (tertiary/aromatic N) is 2. The Morgan fingerprint density at radius 3 is 2.77 bits per heavy atom. The van der Waals surface area contributed by atoms with Crippen LogP contribution in [-0.2, 0) is 9.59 Å². The number of hydrogen-bond acceptors (Lipinski definition) is 5. The highest BCUT2D eigenvalue weighted by Gasteiger charge is 2.41. The highest BCUT2D eigenvalue weighted by molar-refractivity contribution is 6.02. The number of piperidine rings is 1. The van der Waals surface area contributed by atoms with Gasteiger partial charge in [0.2, 0.25) is 11.8 Å². The van der Waals surface area contributed by atoms with Crippen LogP contribution in [0.25, 0.3) is 10.9 Å². The van der Waals surface area contributed by atoms with Crippen LogP contribution in [0.15, 0.2) is 54.6 Å². The van der Waals surface area contributed by atoms with Crippen LogP contribution in [0.1, 0.15) is 54.1 Å². The Morgan fingerprint density at radius 2 is 2.03 bits per heavy atom. The molecule has 9 heteroatoms. The topological polar surface area (TPSA) is 127 Å². The number of ether oxygens (including phenoxy) is 1. The summed E-state index contributed by atoms with van der Waals surface area (Å²) in [4.78, 5) is 44.7. The largest absolute Gasteiger partial charge is 0.496 e. The van der Waals surface area contributed by atoms with Gasteiger partial charge in [-0.1, -0.05) is 36.4 Å². The van der Waals surface area contributed by atoms with Crippen molar-refractivity contribution < 1.29 is 19.1 Å². The molecule has 39 heavy (non-hydrogen) atoms. The highest BCUT2D eigenvalue weighted by Crippen LogP contribution is 2.34. The summed E-state index contributed by atoms with van der Waals surface area (Å²) < 4.78 is 5.45. The van der Waals surface area contributed by atoms with Crippen LogP contribution < -0.4 is 15.4 Å². The highest BCUT2D eigenvalue weighted by atomic mass is 16.5. The van der Waals surface area contributed by atoms with Crippen molar-refractivity contribution >= 4 is 28.6 Å². The van der Waals surface area contributed by atoms with E-state index in [1.807, 2.05) is 48.5 Å². The van der Waals surface area contributed by atoms with Gasteiger partial charge in [-0.3, -0.25) is 14.4 Å². The van der Waals surface area contributed by atoms with Crippen molar-refractivity contribution in [2.24, 2.45) is 5.92 Å². The number of aromatic amines is 1. The Morgan fingerprint density at radius 1 is 1.21 bits per heavy atom. The van der Waals surface area contributed by atoms with Crippen molar-refractivity contribution in [3.63, 3.8) is 0 Å². The molecule has 2 aliphatic rings. The molecule has 2 saturated heterocycles. The van der Waals surface area contributed by atoms with Gasteiger partial charge in [0.25, 0.3) is 5.91 Å². The molecule has 2 aromatic carbocycles. The van der Waals surface area contributed by atoms with Crippen LogP contribution in [0.4, 0.5) is 0 Å². The molecular formula is C30H33N5O4. The van der Waals surface area contributed by atoms with Gasteiger partial charge in [0.15, 0.2) is 0 Å². The van der Waals surface area contributed by atoms with Gasteiger partial charge in [-0.05, 0) is 49.4 Å². The molecule has 3 heterocycles. The molecule has 2 unspecified atom stereocenters. The first-order chi connectivity index (χ1) is 19.0. The smallest absolute Gasteiger partial charge is 0.271 e. The number of rotatable bonds is 8. The minimum atomic E-state index is -0.711. The summed E-state index contributed by atoms with van der Waals surface area (Å²) in [6.07, 6.45) is 2.57. The maximum atomic E-state index is 13.8. The molecule has 0 radical (unpaired) electrons. The summed E-state index contributed by atoms with van der Waals surface area (Å²) in [5.74, 6) is -0.191. The molecule has 0 bridgehead atoms. The normalized spacial score (nSPS) is 21.7. The predicted molar refractivity (Wildman–Crippen MR) is 146 cm³/mol. The molecule has 3 N–H and O–H groups in total. The van der Waals surface area contributed by atoms with E-state index in [9.17, 15) is 19.6 Å². The number of hydrogen-bond donors (Lipinski definition) is 3. The standard InChI is InChI=1S/C30H33N5O4/c1-39-27-11-5-10-24-23(27)17-25(34-24)30(38)35-18-21(19-7-3-2-4-8-19)16-26(35)29(37)33-22(12-13-31)15-20-9-6-14-32-28(20)36/h2-5,7-8,10-11,17,20-22,26,34H,6,9,12,14-16,18H2,1H3,(H,32,36)(H,33,37)/t20-,21+,22?,26?/m0/s1. The average Bonchev–Trinajstić information content (AvgIpc) is 3.60. The third kappa shape index (κ3) is 5.60. The second-order valence-electron chi connectivity index (χ2n) is 10.4. The first-order valence-corrected chi connectivity index (χ1v) is 13.4. The summed E-state index contributed by atoms with van der Waals surface area (Å²) in [5.41, 5.74) is 2.22. The number of amides is 3. The number of carbonyl (C=O) groups excluding carboxylic acids is 3. The van der Waals surface area contributed by atoms with Crippen molar-refractivity contribution in [2.75, 3.05) is 20.2 Å². The van der Waals surface area contributed by atoms with Crippen LogP contribution >= 0.6 is 0 Å². The van der Waals surface area contributed by atoms with Crippen molar-refractivity contribution in [1.29, 1.82) is 5.26 Å². The first-order valence-electron chi connectivity index (χ1n) is 13.4. The van der Waals surface area contributed by atoms with Crippen LogP contribution in [0.3, 0.4) is 0 Å². The van der Waals surface area contributed by atoms with Gasteiger partial charge in [0.05, 0.1) is 19.6 Å². The lowest BCUT2D eigenvalue weighted by atomic mass is 9.90. The van der Waals surface area contributed by atoms with Gasteiger partial charge in [-0.25, -0.2) is 0 Å². The Kier molecular flexibility index (Phi) is 7.82. The molecule has 2 aliphatic heterocycles. The number of methoxy groups -OCH3 is 1. The molecule has 0 saturated carbocycles. The number of carbonyl (C=O) groups is 3. The van der Waals surface area contributed by atoms with E-state index in [1.165, 1.54) is 0 Å². The molecule has 5 rings (SSSR count). The number of aromatic nitrogens is 1. The summed E-state index contributed by atoms with van der Waals surface area (Å²) in [6.45, 7) is 1.05. The number of likely N-dealkylation sites (tertiary alicyclic amines) is 1. The van der Waals surface area contributed by atoms with Crippen LogP contribution in [0, 0.1) is 17.2 Å². The van der Waals surface area contributed by atoms with E-state index in [-0.39, 0.29) is 36.0 Å². The number of fused-ring (bicyclic) bond motifs is 1. The van der Waals surface area contributed by atoms with E-state index in [0.717, 1.165) is 29.3 Å². The number of nitriles is 1. The minimum absolute atomic E-state index is 0.0108. The van der Waals surface area contributed by atoms with Gasteiger partial charge in [-0.15, -0.1) is 0 Å². The molecule has 0 aliphatic carbocycles. The van der Waals surface area contributed by atoms with E-state index in [1.54, 1.807) is 18.1 Å². The zero-order valence-electron chi connectivity index (χ0n) is 22.0. The van der Waals surface area contributed by atoms with Crippen LogP contribution in [-0.4, -0.2) is 59.9 Å². The Bertz CT molecular complexity index is 1400. The van der Waals surface area contributed by atoms with Crippen LogP contribution in [0.2, 0.25) is 0 Å². The molecule has 1 aromatic heterocycles. The molecule has 202 valence electrons. The molecule has 4 atom stereocenters. The summed E-state index contributed by atoms with van der Waals surface area (Å²) in [6, 6.07) is 18.2. The Labute approximate surface area is 227 Å². The molecule has 2 fully saturated rings. The van der Waals surface area contributed by atoms with Gasteiger partial charge >= 0.3 is 0 Å². The van der Waals surface area contributed by atoms with Crippen LogP contribution in [0.5, 0.6) is 5.75 Å². The third-order valence-electron chi connectivity index (χ3n) is 7.86. The lowest BCUT2D eigenvalue weighted by molar-refractivity contribution is -0.129. The quantitative estimate of drug-likeness (QED) is 0.413. The van der Waals surface area contributed by atoms with Gasteiger partial charge in [0.1, 0.15) is 17.5 Å². The summed E-state index contributed by atoms with van der Waals surface area (Å²) in [5, 5.41) is 16.1. The average molecular weight is 528 g/mol. The fourth-order valence-electron chi connectivity index (χ4n) is 5.86. The SMILES string of the molecule is COc1cccc2[nH]c(C(=O)N3C[C@H](c4ccccc4)CC3C(=O)NC(CC#N)C[C@@H]3CCCNC3=O)cc12. The maximum absolute atomic E-state index is 13.8. The van der Waals surface area contributed by atoms with Crippen molar-refractivity contribution in [2.45, 2.75) is 50.1 Å². The number of nitrogens with one attached hydrogen (secondary N) is 3. The molecular weight excluding hydrogens is 494 g/mol. The number of benzene rings is 2. The molecule has 0 spiro atoms. The monoisotopic (exact) mass is 527 g/mol. The zero-order valence-corrected chi connectivity index (χ0v) is 22.0. The molecule has 3 aromatic rings. The molecule has 9 nitrogen and oxygen atoms in total.